The molecular formula is C11H9O7P. The van der Waals surface area contributed by atoms with Crippen molar-refractivity contribution in [3.63, 3.8) is 0 Å². The van der Waals surface area contributed by atoms with E-state index in [1.165, 1.54) is 6.07 Å². The summed E-state index contributed by atoms with van der Waals surface area (Å²) in [5.74, 6) is 0. The molecule has 19 heavy (non-hydrogen) atoms. The number of furan rings is 1. The molecule has 0 bridgehead atoms. The Morgan fingerprint density at radius 1 is 0.947 bits per heavy atom. The summed E-state index contributed by atoms with van der Waals surface area (Å²) in [6.07, 6.45) is 1.61. The van der Waals surface area contributed by atoms with Gasteiger partial charge in [-0.25, -0.2) is 9.36 Å². The van der Waals surface area contributed by atoms with Gasteiger partial charge in [-0.05, 0) is 18.2 Å². The van der Waals surface area contributed by atoms with E-state index in [2.05, 4.69) is 0 Å². The Labute approximate surface area is 105 Å². The number of benzene rings is 1. The first kappa shape index (κ1) is 13.5. The molecule has 2 aromatic heterocycles. The van der Waals surface area contributed by atoms with Gasteiger partial charge in [0, 0.05) is 22.9 Å². The molecular weight excluding hydrogens is 275 g/mol. The van der Waals surface area contributed by atoms with Crippen molar-refractivity contribution < 1.29 is 28.1 Å². The molecule has 0 saturated carbocycles. The van der Waals surface area contributed by atoms with E-state index in [4.69, 9.17) is 28.1 Å². The molecule has 0 unspecified atom stereocenters. The maximum Gasteiger partial charge on any atom is 0.466 e. The molecule has 0 spiro atoms. The minimum absolute atomic E-state index is 0.344. The van der Waals surface area contributed by atoms with Crippen LogP contribution in [0.4, 0.5) is 0 Å². The molecule has 100 valence electrons. The summed E-state index contributed by atoms with van der Waals surface area (Å²) < 4.78 is 19.1. The second kappa shape index (κ2) is 4.99. The SMILES string of the molecule is O=P(O)(O)O.O=c1ccc2cc3ccoc3cc2o1. The summed E-state index contributed by atoms with van der Waals surface area (Å²) in [6, 6.07) is 8.69. The molecule has 3 N–H and O–H groups in total. The van der Waals surface area contributed by atoms with Gasteiger partial charge in [0.2, 0.25) is 0 Å². The van der Waals surface area contributed by atoms with Crippen LogP contribution in [0.15, 0.2) is 50.2 Å². The third-order valence-corrected chi connectivity index (χ3v) is 2.19. The van der Waals surface area contributed by atoms with Crippen LogP contribution in [-0.4, -0.2) is 14.7 Å². The summed E-state index contributed by atoms with van der Waals surface area (Å²) in [4.78, 5) is 32.5. The zero-order valence-corrected chi connectivity index (χ0v) is 10.3. The lowest BCUT2D eigenvalue weighted by molar-refractivity contribution is 0.275. The molecule has 3 rings (SSSR count). The van der Waals surface area contributed by atoms with E-state index in [9.17, 15) is 4.79 Å². The van der Waals surface area contributed by atoms with Crippen molar-refractivity contribution in [1.29, 1.82) is 0 Å². The Morgan fingerprint density at radius 3 is 2.26 bits per heavy atom. The van der Waals surface area contributed by atoms with Gasteiger partial charge in [-0.2, -0.15) is 0 Å². The summed E-state index contributed by atoms with van der Waals surface area (Å²) in [5, 5.41) is 1.91. The van der Waals surface area contributed by atoms with E-state index in [1.54, 1.807) is 18.4 Å². The summed E-state index contributed by atoms with van der Waals surface area (Å²) in [7, 11) is -4.64. The predicted octanol–water partition coefficient (Wildman–Crippen LogP) is 1.61. The second-order valence-electron chi connectivity index (χ2n) is 3.62. The van der Waals surface area contributed by atoms with Crippen LogP contribution in [0.3, 0.4) is 0 Å². The monoisotopic (exact) mass is 284 g/mol. The highest BCUT2D eigenvalue weighted by Gasteiger charge is 2.02. The normalized spacial score (nSPS) is 11.3. The minimum Gasteiger partial charge on any atom is -0.464 e. The zero-order valence-electron chi connectivity index (χ0n) is 9.39. The molecule has 0 aliphatic rings. The van der Waals surface area contributed by atoms with Crippen LogP contribution in [-0.2, 0) is 4.57 Å². The van der Waals surface area contributed by atoms with Gasteiger partial charge in [0.25, 0.3) is 0 Å². The fraction of sp³-hybridized carbons (Fsp3) is 0. The molecule has 8 heteroatoms. The molecule has 7 nitrogen and oxygen atoms in total. The highest BCUT2D eigenvalue weighted by molar-refractivity contribution is 7.45. The van der Waals surface area contributed by atoms with Crippen LogP contribution < -0.4 is 5.63 Å². The summed E-state index contributed by atoms with van der Waals surface area (Å²) in [5.41, 5.74) is 0.940. The fourth-order valence-electron chi connectivity index (χ4n) is 1.53. The van der Waals surface area contributed by atoms with Crippen molar-refractivity contribution in [2.45, 2.75) is 0 Å². The van der Waals surface area contributed by atoms with Crippen LogP contribution in [0, 0.1) is 0 Å². The van der Waals surface area contributed by atoms with Gasteiger partial charge < -0.3 is 23.5 Å². The zero-order chi connectivity index (χ0) is 14.0. The van der Waals surface area contributed by atoms with E-state index >= 15 is 0 Å². The highest BCUT2D eigenvalue weighted by atomic mass is 31.2. The number of rotatable bonds is 0. The quantitative estimate of drug-likeness (QED) is 0.423. The molecule has 0 amide bonds. The van der Waals surface area contributed by atoms with Crippen molar-refractivity contribution in [2.75, 3.05) is 0 Å². The molecule has 1 aromatic carbocycles. The van der Waals surface area contributed by atoms with Crippen molar-refractivity contribution in [3.8, 4) is 0 Å². The largest absolute Gasteiger partial charge is 0.466 e. The van der Waals surface area contributed by atoms with E-state index in [-0.39, 0.29) is 5.63 Å². The van der Waals surface area contributed by atoms with E-state index in [1.807, 2.05) is 12.1 Å². The topological polar surface area (TPSA) is 121 Å². The maximum absolute atomic E-state index is 11.0. The van der Waals surface area contributed by atoms with Crippen LogP contribution in [0.5, 0.6) is 0 Å². The molecule has 0 aliphatic carbocycles. The van der Waals surface area contributed by atoms with Gasteiger partial charge in [-0.15, -0.1) is 0 Å². The minimum atomic E-state index is -4.64. The van der Waals surface area contributed by atoms with E-state index < -0.39 is 7.82 Å². The molecule has 0 radical (unpaired) electrons. The van der Waals surface area contributed by atoms with Gasteiger partial charge in [-0.3, -0.25) is 0 Å². The predicted molar refractivity (Wildman–Crippen MR) is 66.5 cm³/mol. The lowest BCUT2D eigenvalue weighted by Gasteiger charge is -1.94. The Balaban J connectivity index is 0.000000232. The Hall–Kier alpha value is -1.92. The lowest BCUT2D eigenvalue weighted by atomic mass is 10.2. The molecule has 3 aromatic rings. The van der Waals surface area contributed by atoms with Gasteiger partial charge in [0.15, 0.2) is 0 Å². The number of hydrogen-bond acceptors (Lipinski definition) is 4. The second-order valence-corrected chi connectivity index (χ2v) is 4.64. The van der Waals surface area contributed by atoms with Crippen molar-refractivity contribution in [3.05, 3.63) is 47.0 Å². The molecule has 0 atom stereocenters. The molecule has 0 aliphatic heterocycles. The standard InChI is InChI=1S/C11H6O3.H3O4P/c12-11-2-1-7-5-8-3-4-13-9(8)6-10(7)14-11;1-5(2,3)4/h1-6H;(H3,1,2,3,4). The number of fused-ring (bicyclic) bond motifs is 2. The van der Waals surface area contributed by atoms with Crippen LogP contribution >= 0.6 is 7.82 Å². The van der Waals surface area contributed by atoms with Crippen LogP contribution in [0.2, 0.25) is 0 Å². The van der Waals surface area contributed by atoms with Gasteiger partial charge in [-0.1, -0.05) is 0 Å². The van der Waals surface area contributed by atoms with Gasteiger partial charge >= 0.3 is 13.4 Å². The first-order chi connectivity index (χ1) is 8.83. The lowest BCUT2D eigenvalue weighted by Crippen LogP contribution is -1.93. The smallest absolute Gasteiger partial charge is 0.464 e. The van der Waals surface area contributed by atoms with E-state index in [0.29, 0.717) is 5.58 Å². The number of phosphoric acid groups is 1. The number of hydrogen-bond donors (Lipinski definition) is 3. The summed E-state index contributed by atoms with van der Waals surface area (Å²) >= 11 is 0. The Morgan fingerprint density at radius 2 is 1.58 bits per heavy atom. The highest BCUT2D eigenvalue weighted by Crippen LogP contribution is 2.25. The average Bonchev–Trinajstić information content (AvgIpc) is 2.70. The first-order valence-electron chi connectivity index (χ1n) is 5.02. The first-order valence-corrected chi connectivity index (χ1v) is 6.59. The Kier molecular flexibility index (Phi) is 3.55. The third kappa shape index (κ3) is 3.77. The van der Waals surface area contributed by atoms with Gasteiger partial charge in [0.1, 0.15) is 11.2 Å². The maximum atomic E-state index is 11.0. The molecule has 2 heterocycles. The van der Waals surface area contributed by atoms with Crippen molar-refractivity contribution in [1.82, 2.24) is 0 Å². The van der Waals surface area contributed by atoms with E-state index in [0.717, 1.165) is 16.4 Å². The fourth-order valence-corrected chi connectivity index (χ4v) is 1.53. The molecule has 0 saturated heterocycles. The van der Waals surface area contributed by atoms with Gasteiger partial charge in [0.05, 0.1) is 6.26 Å². The van der Waals surface area contributed by atoms with Crippen LogP contribution in [0.1, 0.15) is 0 Å². The summed E-state index contributed by atoms with van der Waals surface area (Å²) in [6.45, 7) is 0. The third-order valence-electron chi connectivity index (χ3n) is 2.19. The van der Waals surface area contributed by atoms with Crippen molar-refractivity contribution >= 4 is 29.8 Å². The average molecular weight is 284 g/mol. The van der Waals surface area contributed by atoms with Crippen LogP contribution in [0.25, 0.3) is 21.9 Å². The Bertz CT molecular complexity index is 802. The van der Waals surface area contributed by atoms with Crippen molar-refractivity contribution in [2.24, 2.45) is 0 Å². The molecule has 0 fully saturated rings.